The van der Waals surface area contributed by atoms with E-state index in [0.29, 0.717) is 36.6 Å². The monoisotopic (exact) mass is 472 g/mol. The fraction of sp³-hybridized carbons (Fsp3) is 0.286. The van der Waals surface area contributed by atoms with Gasteiger partial charge < -0.3 is 24.4 Å². The molecule has 0 fully saturated rings. The average Bonchev–Trinajstić information content (AvgIpc) is 2.91. The molecule has 35 heavy (non-hydrogen) atoms. The summed E-state index contributed by atoms with van der Waals surface area (Å²) in [6.45, 7) is 0.906. The normalized spacial score (nSPS) is 18.1. The molecule has 0 aromatic heterocycles. The topological polar surface area (TPSA) is 77.1 Å². The molecule has 0 bridgehead atoms. The quantitative estimate of drug-likeness (QED) is 0.590. The first-order valence-electron chi connectivity index (χ1n) is 11.6. The van der Waals surface area contributed by atoms with Crippen LogP contribution < -0.4 is 19.5 Å². The molecule has 7 heteroatoms. The van der Waals surface area contributed by atoms with Crippen molar-refractivity contribution < 1.29 is 23.8 Å². The van der Waals surface area contributed by atoms with Gasteiger partial charge in [0.25, 0.3) is 5.91 Å². The zero-order chi connectivity index (χ0) is 24.5. The number of carbonyl (C=O) groups is 2. The van der Waals surface area contributed by atoms with E-state index >= 15 is 0 Å². The minimum absolute atomic E-state index is 0.0507. The largest absolute Gasteiger partial charge is 0.497 e. The van der Waals surface area contributed by atoms with Crippen LogP contribution in [-0.4, -0.2) is 44.6 Å². The third-order valence-corrected chi connectivity index (χ3v) is 6.93. The Kier molecular flexibility index (Phi) is 6.07. The van der Waals surface area contributed by atoms with Gasteiger partial charge in [-0.1, -0.05) is 30.3 Å². The molecule has 2 heterocycles. The number of ether oxygens (including phenoxy) is 3. The van der Waals surface area contributed by atoms with Crippen molar-refractivity contribution in [2.24, 2.45) is 0 Å². The molecule has 0 saturated carbocycles. The van der Waals surface area contributed by atoms with Gasteiger partial charge in [0.2, 0.25) is 5.91 Å². The molecule has 0 radical (unpaired) electrons. The van der Waals surface area contributed by atoms with Gasteiger partial charge in [0.15, 0.2) is 11.5 Å². The van der Waals surface area contributed by atoms with Crippen molar-refractivity contribution in [1.82, 2.24) is 10.2 Å². The molecule has 2 unspecified atom stereocenters. The number of benzene rings is 3. The highest BCUT2D eigenvalue weighted by atomic mass is 16.5. The smallest absolute Gasteiger partial charge is 0.254 e. The fourth-order valence-corrected chi connectivity index (χ4v) is 5.18. The highest BCUT2D eigenvalue weighted by molar-refractivity contribution is 6.01. The Morgan fingerprint density at radius 2 is 1.66 bits per heavy atom. The van der Waals surface area contributed by atoms with Crippen molar-refractivity contribution >= 4 is 11.8 Å². The highest BCUT2D eigenvalue weighted by Crippen LogP contribution is 2.48. The molecule has 2 aliphatic rings. The highest BCUT2D eigenvalue weighted by Gasteiger charge is 2.46. The zero-order valence-electron chi connectivity index (χ0n) is 20.0. The maximum atomic E-state index is 13.8. The van der Waals surface area contributed by atoms with Crippen LogP contribution in [0, 0.1) is 0 Å². The number of nitrogens with zero attached hydrogens (tertiary/aromatic N) is 1. The summed E-state index contributed by atoms with van der Waals surface area (Å²) in [5.74, 6) is 1.25. The van der Waals surface area contributed by atoms with E-state index < -0.39 is 12.0 Å². The summed E-state index contributed by atoms with van der Waals surface area (Å²) in [6.07, 6.45) is 0.681. The molecule has 3 aromatic carbocycles. The van der Waals surface area contributed by atoms with Gasteiger partial charge in [-0.05, 0) is 59.0 Å². The van der Waals surface area contributed by atoms with Gasteiger partial charge in [0.05, 0.1) is 33.3 Å². The summed E-state index contributed by atoms with van der Waals surface area (Å²) < 4.78 is 16.3. The Morgan fingerprint density at radius 1 is 0.943 bits per heavy atom. The van der Waals surface area contributed by atoms with Crippen LogP contribution in [0.2, 0.25) is 0 Å². The van der Waals surface area contributed by atoms with E-state index in [2.05, 4.69) is 5.32 Å². The molecular formula is C28H28N2O5. The van der Waals surface area contributed by atoms with E-state index in [9.17, 15) is 9.59 Å². The summed E-state index contributed by atoms with van der Waals surface area (Å²) in [4.78, 5) is 29.1. The summed E-state index contributed by atoms with van der Waals surface area (Å²) >= 11 is 0. The molecule has 3 aromatic rings. The van der Waals surface area contributed by atoms with E-state index in [0.717, 1.165) is 28.0 Å². The summed E-state index contributed by atoms with van der Waals surface area (Å²) in [6, 6.07) is 18.4. The number of hydrogen-bond donors (Lipinski definition) is 1. The lowest BCUT2D eigenvalue weighted by Crippen LogP contribution is -2.50. The maximum absolute atomic E-state index is 13.8. The zero-order valence-corrected chi connectivity index (χ0v) is 20.0. The molecule has 5 rings (SSSR count). The van der Waals surface area contributed by atoms with Gasteiger partial charge in [-0.25, -0.2) is 0 Å². The molecule has 7 nitrogen and oxygen atoms in total. The van der Waals surface area contributed by atoms with Crippen molar-refractivity contribution in [3.8, 4) is 17.2 Å². The van der Waals surface area contributed by atoms with Gasteiger partial charge in [-0.2, -0.15) is 0 Å². The van der Waals surface area contributed by atoms with Crippen molar-refractivity contribution in [1.29, 1.82) is 0 Å². The van der Waals surface area contributed by atoms with Gasteiger partial charge in [-0.15, -0.1) is 0 Å². The second-order valence-electron chi connectivity index (χ2n) is 8.73. The van der Waals surface area contributed by atoms with Crippen molar-refractivity contribution in [2.45, 2.75) is 24.9 Å². The second-order valence-corrected chi connectivity index (χ2v) is 8.73. The van der Waals surface area contributed by atoms with Crippen molar-refractivity contribution in [3.05, 3.63) is 88.5 Å². The molecule has 1 N–H and O–H groups in total. The summed E-state index contributed by atoms with van der Waals surface area (Å²) in [5.41, 5.74) is 4.27. The number of amides is 2. The van der Waals surface area contributed by atoms with Crippen LogP contribution in [0.3, 0.4) is 0 Å². The lowest BCUT2D eigenvalue weighted by atomic mass is 9.75. The molecule has 0 spiro atoms. The lowest BCUT2D eigenvalue weighted by molar-refractivity contribution is -0.124. The molecular weight excluding hydrogens is 444 g/mol. The van der Waals surface area contributed by atoms with Crippen LogP contribution in [0.5, 0.6) is 17.2 Å². The third-order valence-electron chi connectivity index (χ3n) is 6.93. The summed E-state index contributed by atoms with van der Waals surface area (Å²) in [5, 5.41) is 3.10. The number of nitrogens with one attached hydrogen (secondary N) is 1. The van der Waals surface area contributed by atoms with Crippen LogP contribution in [0.4, 0.5) is 0 Å². The van der Waals surface area contributed by atoms with Crippen LogP contribution in [0.1, 0.15) is 44.6 Å². The average molecular weight is 473 g/mol. The van der Waals surface area contributed by atoms with Crippen LogP contribution in [0.25, 0.3) is 0 Å². The first-order valence-corrected chi connectivity index (χ1v) is 11.6. The van der Waals surface area contributed by atoms with Crippen LogP contribution >= 0.6 is 0 Å². The Morgan fingerprint density at radius 3 is 2.37 bits per heavy atom. The molecule has 2 atom stereocenters. The van der Waals surface area contributed by atoms with Crippen LogP contribution in [0.15, 0.2) is 60.7 Å². The second kappa shape index (κ2) is 9.33. The molecule has 0 aliphatic carbocycles. The predicted molar refractivity (Wildman–Crippen MR) is 131 cm³/mol. The Bertz CT molecular complexity index is 1270. The Hall–Kier alpha value is -4.00. The first-order chi connectivity index (χ1) is 17.0. The molecule has 2 aliphatic heterocycles. The van der Waals surface area contributed by atoms with E-state index in [1.807, 2.05) is 65.6 Å². The fourth-order valence-electron chi connectivity index (χ4n) is 5.18. The van der Waals surface area contributed by atoms with Crippen LogP contribution in [-0.2, 0) is 17.8 Å². The minimum Gasteiger partial charge on any atom is -0.497 e. The van der Waals surface area contributed by atoms with Crippen molar-refractivity contribution in [3.63, 3.8) is 0 Å². The lowest BCUT2D eigenvalue weighted by Gasteiger charge is -2.45. The molecule has 180 valence electrons. The van der Waals surface area contributed by atoms with E-state index in [-0.39, 0.29) is 11.8 Å². The van der Waals surface area contributed by atoms with E-state index in [1.165, 1.54) is 0 Å². The third kappa shape index (κ3) is 3.97. The van der Waals surface area contributed by atoms with Gasteiger partial charge in [0.1, 0.15) is 5.75 Å². The number of hydrogen-bond acceptors (Lipinski definition) is 5. The number of rotatable bonds is 6. The minimum atomic E-state index is -0.556. The SMILES string of the molecule is COc1ccc(CNC(=O)C2c3ccccc3C(=O)N3CCc4cc(OC)c(OC)cc4C23)cc1. The summed E-state index contributed by atoms with van der Waals surface area (Å²) in [7, 11) is 4.82. The first kappa shape index (κ1) is 22.8. The van der Waals surface area contributed by atoms with Gasteiger partial charge in [0, 0.05) is 18.7 Å². The number of carbonyl (C=O) groups excluding carboxylic acids is 2. The Balaban J connectivity index is 1.55. The Labute approximate surface area is 204 Å². The molecule has 0 saturated heterocycles. The number of fused-ring (bicyclic) bond motifs is 4. The van der Waals surface area contributed by atoms with Gasteiger partial charge >= 0.3 is 0 Å². The molecule has 2 amide bonds. The van der Waals surface area contributed by atoms with Gasteiger partial charge in [-0.3, -0.25) is 9.59 Å². The maximum Gasteiger partial charge on any atom is 0.254 e. The van der Waals surface area contributed by atoms with Crippen molar-refractivity contribution in [2.75, 3.05) is 27.9 Å². The standard InChI is InChI=1S/C28H28N2O5/c1-33-19-10-8-17(9-11-19)16-29-27(31)25-20-6-4-5-7-21(20)28(32)30-13-12-18-14-23(34-2)24(35-3)15-22(18)26(25)30/h4-11,14-15,25-26H,12-13,16H2,1-3H3,(H,29,31). The van der Waals surface area contributed by atoms with E-state index in [4.69, 9.17) is 14.2 Å². The number of methoxy groups -OCH3 is 3. The van der Waals surface area contributed by atoms with E-state index in [1.54, 1.807) is 21.3 Å². The predicted octanol–water partition coefficient (Wildman–Crippen LogP) is 3.87.